The lowest BCUT2D eigenvalue weighted by molar-refractivity contribution is -0.0969. The molecule has 6 heteroatoms. The first kappa shape index (κ1) is 15.4. The number of carbonyl (C=O) groups excluding carboxylic acids is 1. The van der Waals surface area contributed by atoms with Gasteiger partial charge in [0.25, 0.3) is 5.91 Å². The molecule has 1 aromatic heterocycles. The molecule has 2 fully saturated rings. The molecule has 1 atom stereocenters. The largest absolute Gasteiger partial charge is 0.355 e. The second-order valence-corrected chi connectivity index (χ2v) is 6.21. The fourth-order valence-electron chi connectivity index (χ4n) is 3.34. The molecule has 0 bridgehead atoms. The Morgan fingerprint density at radius 1 is 1.17 bits per heavy atom. The summed E-state index contributed by atoms with van der Waals surface area (Å²) in [7, 11) is 0. The number of ether oxygens (including phenoxy) is 2. The molecule has 2 aliphatic heterocycles. The van der Waals surface area contributed by atoms with Crippen molar-refractivity contribution in [1.82, 2.24) is 10.1 Å². The molecule has 1 aromatic carbocycles. The third-order valence-corrected chi connectivity index (χ3v) is 4.57. The highest BCUT2D eigenvalue weighted by Gasteiger charge is 2.33. The van der Waals surface area contributed by atoms with Gasteiger partial charge in [0.15, 0.2) is 17.7 Å². The number of hydrogen-bond acceptors (Lipinski definition) is 5. The highest BCUT2D eigenvalue weighted by molar-refractivity contribution is 5.93. The van der Waals surface area contributed by atoms with Gasteiger partial charge in [0.05, 0.1) is 13.2 Å². The number of benzene rings is 1. The summed E-state index contributed by atoms with van der Waals surface area (Å²) in [5.41, 5.74) is 1.26. The van der Waals surface area contributed by atoms with Gasteiger partial charge in [-0.3, -0.25) is 4.79 Å². The highest BCUT2D eigenvalue weighted by Crippen LogP contribution is 2.26. The van der Waals surface area contributed by atoms with Crippen molar-refractivity contribution in [2.45, 2.75) is 19.1 Å². The number of likely N-dealkylation sites (tertiary alicyclic amines) is 1. The summed E-state index contributed by atoms with van der Waals surface area (Å²) >= 11 is 0. The minimum Gasteiger partial charge on any atom is -0.355 e. The number of rotatable bonds is 3. The van der Waals surface area contributed by atoms with Crippen LogP contribution in [0.2, 0.25) is 0 Å². The predicted molar refractivity (Wildman–Crippen MR) is 86.3 cm³/mol. The molecule has 0 saturated carbocycles. The van der Waals surface area contributed by atoms with Crippen LogP contribution in [0.4, 0.5) is 0 Å². The van der Waals surface area contributed by atoms with E-state index in [1.807, 2.05) is 35.2 Å². The van der Waals surface area contributed by atoms with Crippen LogP contribution in [-0.4, -0.2) is 48.6 Å². The van der Waals surface area contributed by atoms with E-state index in [2.05, 4.69) is 5.16 Å². The van der Waals surface area contributed by atoms with Crippen LogP contribution in [0, 0.1) is 5.92 Å². The lowest BCUT2D eigenvalue weighted by atomic mass is 9.97. The van der Waals surface area contributed by atoms with E-state index in [4.69, 9.17) is 14.0 Å². The van der Waals surface area contributed by atoms with Crippen molar-refractivity contribution in [2.24, 2.45) is 5.92 Å². The monoisotopic (exact) mass is 328 g/mol. The maximum atomic E-state index is 12.7. The van der Waals surface area contributed by atoms with Crippen molar-refractivity contribution in [2.75, 3.05) is 26.3 Å². The second-order valence-electron chi connectivity index (χ2n) is 6.21. The molecule has 0 radical (unpaired) electrons. The first-order chi connectivity index (χ1) is 11.8. The van der Waals surface area contributed by atoms with Crippen LogP contribution in [0.5, 0.6) is 0 Å². The molecule has 3 heterocycles. The molecule has 2 saturated heterocycles. The number of hydrogen-bond donors (Lipinski definition) is 0. The Kier molecular flexibility index (Phi) is 4.32. The van der Waals surface area contributed by atoms with Crippen LogP contribution >= 0.6 is 0 Å². The molecule has 1 unspecified atom stereocenters. The molecular formula is C18H20N2O4. The van der Waals surface area contributed by atoms with Crippen molar-refractivity contribution >= 4 is 5.91 Å². The van der Waals surface area contributed by atoms with E-state index in [9.17, 15) is 4.79 Å². The Bertz CT molecular complexity index is 694. The van der Waals surface area contributed by atoms with E-state index in [-0.39, 0.29) is 18.1 Å². The summed E-state index contributed by atoms with van der Waals surface area (Å²) in [5.74, 6) is 0.740. The summed E-state index contributed by atoms with van der Waals surface area (Å²) < 4.78 is 16.5. The fraction of sp³-hybridized carbons (Fsp3) is 0.444. The Morgan fingerprint density at radius 2 is 1.96 bits per heavy atom. The lowest BCUT2D eigenvalue weighted by Crippen LogP contribution is -2.43. The number of nitrogens with zero attached hydrogens (tertiary/aromatic N) is 2. The Balaban J connectivity index is 1.46. The van der Waals surface area contributed by atoms with Gasteiger partial charge in [0.1, 0.15) is 0 Å². The van der Waals surface area contributed by atoms with Crippen LogP contribution in [-0.2, 0) is 9.47 Å². The Morgan fingerprint density at radius 3 is 2.75 bits per heavy atom. The average molecular weight is 328 g/mol. The van der Waals surface area contributed by atoms with Gasteiger partial charge in [-0.05, 0) is 12.8 Å². The normalized spacial score (nSPS) is 22.0. The smallest absolute Gasteiger partial charge is 0.276 e. The van der Waals surface area contributed by atoms with E-state index in [1.54, 1.807) is 6.07 Å². The number of carbonyl (C=O) groups is 1. The molecule has 24 heavy (non-hydrogen) atoms. The molecule has 6 nitrogen and oxygen atoms in total. The third-order valence-electron chi connectivity index (χ3n) is 4.57. The maximum absolute atomic E-state index is 12.7. The van der Waals surface area contributed by atoms with Gasteiger partial charge < -0.3 is 18.9 Å². The van der Waals surface area contributed by atoms with Gasteiger partial charge in [0, 0.05) is 30.6 Å². The van der Waals surface area contributed by atoms with Gasteiger partial charge >= 0.3 is 0 Å². The van der Waals surface area contributed by atoms with Gasteiger partial charge in [-0.15, -0.1) is 0 Å². The maximum Gasteiger partial charge on any atom is 0.276 e. The van der Waals surface area contributed by atoms with Crippen molar-refractivity contribution in [1.29, 1.82) is 0 Å². The number of aromatic nitrogens is 1. The summed E-state index contributed by atoms with van der Waals surface area (Å²) in [6, 6.07) is 11.4. The second kappa shape index (κ2) is 6.75. The summed E-state index contributed by atoms with van der Waals surface area (Å²) in [4.78, 5) is 14.6. The van der Waals surface area contributed by atoms with Crippen molar-refractivity contribution < 1.29 is 18.8 Å². The lowest BCUT2D eigenvalue weighted by Gasteiger charge is -2.34. The van der Waals surface area contributed by atoms with Crippen molar-refractivity contribution in [3.63, 3.8) is 0 Å². The zero-order valence-corrected chi connectivity index (χ0v) is 13.4. The van der Waals surface area contributed by atoms with Crippen LogP contribution < -0.4 is 0 Å². The van der Waals surface area contributed by atoms with E-state index in [0.29, 0.717) is 31.2 Å². The number of piperidine rings is 1. The Hall–Kier alpha value is -2.18. The summed E-state index contributed by atoms with van der Waals surface area (Å²) in [6.45, 7) is 2.64. The fourth-order valence-corrected chi connectivity index (χ4v) is 3.34. The van der Waals surface area contributed by atoms with Gasteiger partial charge in [-0.2, -0.15) is 0 Å². The standard InChI is InChI=1S/C18H20N2O4/c21-17(15-11-16(24-19-15)13-5-2-1-3-6-13)20-8-4-7-14(12-20)18-22-9-10-23-18/h1-3,5-6,11,14,18H,4,7-10,12H2. The Labute approximate surface area is 140 Å². The first-order valence-corrected chi connectivity index (χ1v) is 8.36. The van der Waals surface area contributed by atoms with Crippen LogP contribution in [0.1, 0.15) is 23.3 Å². The molecular weight excluding hydrogens is 308 g/mol. The van der Waals surface area contributed by atoms with Gasteiger partial charge in [-0.25, -0.2) is 0 Å². The highest BCUT2D eigenvalue weighted by atomic mass is 16.7. The SMILES string of the molecule is O=C(c1cc(-c2ccccc2)on1)N1CCCC(C2OCCO2)C1. The molecule has 2 aromatic rings. The van der Waals surface area contributed by atoms with E-state index < -0.39 is 0 Å². The van der Waals surface area contributed by atoms with Crippen molar-refractivity contribution in [3.8, 4) is 11.3 Å². The van der Waals surface area contributed by atoms with E-state index >= 15 is 0 Å². The zero-order chi connectivity index (χ0) is 16.4. The van der Waals surface area contributed by atoms with Crippen LogP contribution in [0.25, 0.3) is 11.3 Å². The molecule has 126 valence electrons. The molecule has 0 N–H and O–H groups in total. The minimum atomic E-state index is -0.183. The first-order valence-electron chi connectivity index (χ1n) is 8.36. The third kappa shape index (κ3) is 3.07. The van der Waals surface area contributed by atoms with Crippen LogP contribution in [0.15, 0.2) is 40.9 Å². The van der Waals surface area contributed by atoms with Crippen molar-refractivity contribution in [3.05, 3.63) is 42.1 Å². The van der Waals surface area contributed by atoms with Crippen LogP contribution in [0.3, 0.4) is 0 Å². The topological polar surface area (TPSA) is 64.8 Å². The molecule has 4 rings (SSSR count). The number of amides is 1. The quantitative estimate of drug-likeness (QED) is 0.866. The molecule has 1 amide bonds. The average Bonchev–Trinajstić information content (AvgIpc) is 3.34. The van der Waals surface area contributed by atoms with E-state index in [0.717, 1.165) is 24.9 Å². The molecule has 2 aliphatic rings. The summed E-state index contributed by atoms with van der Waals surface area (Å²) in [5, 5.41) is 3.96. The molecule has 0 spiro atoms. The molecule has 0 aliphatic carbocycles. The minimum absolute atomic E-state index is 0.0939. The van der Waals surface area contributed by atoms with Gasteiger partial charge in [-0.1, -0.05) is 35.5 Å². The zero-order valence-electron chi connectivity index (χ0n) is 13.4. The van der Waals surface area contributed by atoms with E-state index in [1.165, 1.54) is 0 Å². The summed E-state index contributed by atoms with van der Waals surface area (Å²) in [6.07, 6.45) is 1.78. The van der Waals surface area contributed by atoms with Gasteiger partial charge in [0.2, 0.25) is 0 Å². The predicted octanol–water partition coefficient (Wildman–Crippen LogP) is 2.57.